The van der Waals surface area contributed by atoms with Gasteiger partial charge in [-0.3, -0.25) is 4.79 Å². The minimum atomic E-state index is -0.307. The second-order valence-electron chi connectivity index (χ2n) is 4.48. The molecule has 1 atom stereocenters. The van der Waals surface area contributed by atoms with Crippen molar-refractivity contribution in [1.82, 2.24) is 10.6 Å². The fourth-order valence-corrected chi connectivity index (χ4v) is 2.12. The quantitative estimate of drug-likeness (QED) is 0.819. The standard InChI is InChI=1S/C13H17FN2O/c1-9-7-10(14)4-5-12(9)13(17)16-11-3-2-6-15-8-11/h4-5,7,11,15H,2-3,6,8H2,1H3,(H,16,17)/t11-/m0/s1. The maximum absolute atomic E-state index is 12.9. The molecule has 1 amide bonds. The summed E-state index contributed by atoms with van der Waals surface area (Å²) in [6.07, 6.45) is 2.08. The molecule has 4 heteroatoms. The van der Waals surface area contributed by atoms with Crippen LogP contribution in [0, 0.1) is 12.7 Å². The number of hydrogen-bond acceptors (Lipinski definition) is 2. The first-order valence-electron chi connectivity index (χ1n) is 5.94. The van der Waals surface area contributed by atoms with E-state index in [4.69, 9.17) is 0 Å². The third kappa shape index (κ3) is 3.03. The minimum absolute atomic E-state index is 0.115. The van der Waals surface area contributed by atoms with Gasteiger partial charge < -0.3 is 10.6 Å². The molecule has 0 aromatic heterocycles. The lowest BCUT2D eigenvalue weighted by molar-refractivity contribution is 0.0930. The largest absolute Gasteiger partial charge is 0.348 e. The summed E-state index contributed by atoms with van der Waals surface area (Å²) >= 11 is 0. The molecule has 1 heterocycles. The van der Waals surface area contributed by atoms with E-state index in [1.54, 1.807) is 6.92 Å². The number of carbonyl (C=O) groups excluding carboxylic acids is 1. The van der Waals surface area contributed by atoms with Crippen LogP contribution in [-0.2, 0) is 0 Å². The smallest absolute Gasteiger partial charge is 0.251 e. The van der Waals surface area contributed by atoms with Crippen molar-refractivity contribution in [3.05, 3.63) is 35.1 Å². The van der Waals surface area contributed by atoms with Gasteiger partial charge in [-0.1, -0.05) is 0 Å². The van der Waals surface area contributed by atoms with Crippen molar-refractivity contribution in [2.75, 3.05) is 13.1 Å². The highest BCUT2D eigenvalue weighted by Gasteiger charge is 2.17. The number of rotatable bonds is 2. The SMILES string of the molecule is Cc1cc(F)ccc1C(=O)N[C@H]1CCCNC1. The number of nitrogens with one attached hydrogen (secondary N) is 2. The van der Waals surface area contributed by atoms with Crippen molar-refractivity contribution in [1.29, 1.82) is 0 Å². The molecule has 17 heavy (non-hydrogen) atoms. The lowest BCUT2D eigenvalue weighted by atomic mass is 10.0. The molecule has 2 rings (SSSR count). The Hall–Kier alpha value is -1.42. The van der Waals surface area contributed by atoms with Crippen LogP contribution in [0.5, 0.6) is 0 Å². The molecule has 0 saturated carbocycles. The molecule has 1 aliphatic rings. The van der Waals surface area contributed by atoms with E-state index >= 15 is 0 Å². The molecule has 92 valence electrons. The molecule has 0 aliphatic carbocycles. The fourth-order valence-electron chi connectivity index (χ4n) is 2.12. The van der Waals surface area contributed by atoms with E-state index in [-0.39, 0.29) is 17.8 Å². The van der Waals surface area contributed by atoms with Crippen LogP contribution in [0.3, 0.4) is 0 Å². The van der Waals surface area contributed by atoms with Gasteiger partial charge in [-0.2, -0.15) is 0 Å². The second-order valence-corrected chi connectivity index (χ2v) is 4.48. The van der Waals surface area contributed by atoms with Crippen LogP contribution in [0.1, 0.15) is 28.8 Å². The van der Waals surface area contributed by atoms with Crippen molar-refractivity contribution >= 4 is 5.91 Å². The van der Waals surface area contributed by atoms with Crippen LogP contribution in [0.2, 0.25) is 0 Å². The van der Waals surface area contributed by atoms with Crippen LogP contribution >= 0.6 is 0 Å². The Balaban J connectivity index is 2.03. The lowest BCUT2D eigenvalue weighted by Gasteiger charge is -2.24. The highest BCUT2D eigenvalue weighted by molar-refractivity contribution is 5.95. The van der Waals surface area contributed by atoms with Gasteiger partial charge in [0.2, 0.25) is 0 Å². The summed E-state index contributed by atoms with van der Waals surface area (Å²) in [6.45, 7) is 3.57. The third-order valence-corrected chi connectivity index (χ3v) is 3.07. The number of piperidine rings is 1. The van der Waals surface area contributed by atoms with Crippen molar-refractivity contribution < 1.29 is 9.18 Å². The molecule has 1 aromatic rings. The number of amides is 1. The maximum atomic E-state index is 12.9. The monoisotopic (exact) mass is 236 g/mol. The van der Waals surface area contributed by atoms with Gasteiger partial charge in [0.05, 0.1) is 0 Å². The zero-order valence-corrected chi connectivity index (χ0v) is 9.92. The first kappa shape index (κ1) is 12.0. The Labute approximate surface area is 100 Å². The number of halogens is 1. The van der Waals surface area contributed by atoms with E-state index in [9.17, 15) is 9.18 Å². The number of aryl methyl sites for hydroxylation is 1. The Morgan fingerprint density at radius 2 is 2.35 bits per heavy atom. The zero-order valence-electron chi connectivity index (χ0n) is 9.92. The van der Waals surface area contributed by atoms with Gasteiger partial charge in [0.15, 0.2) is 0 Å². The van der Waals surface area contributed by atoms with Gasteiger partial charge in [0.25, 0.3) is 5.91 Å². The van der Waals surface area contributed by atoms with E-state index in [1.165, 1.54) is 18.2 Å². The summed E-state index contributed by atoms with van der Waals surface area (Å²) in [5.41, 5.74) is 1.23. The zero-order chi connectivity index (χ0) is 12.3. The Kier molecular flexibility index (Phi) is 3.74. The molecule has 0 spiro atoms. The highest BCUT2D eigenvalue weighted by atomic mass is 19.1. The van der Waals surface area contributed by atoms with E-state index in [2.05, 4.69) is 10.6 Å². The van der Waals surface area contributed by atoms with E-state index in [0.29, 0.717) is 11.1 Å². The first-order chi connectivity index (χ1) is 8.16. The number of benzene rings is 1. The van der Waals surface area contributed by atoms with Gasteiger partial charge in [-0.15, -0.1) is 0 Å². The molecule has 1 saturated heterocycles. The molecular formula is C13H17FN2O. The molecule has 3 nitrogen and oxygen atoms in total. The van der Waals surface area contributed by atoms with Gasteiger partial charge in [0.1, 0.15) is 5.82 Å². The van der Waals surface area contributed by atoms with Crippen LogP contribution in [-0.4, -0.2) is 25.0 Å². The van der Waals surface area contributed by atoms with Crippen molar-refractivity contribution in [3.8, 4) is 0 Å². The normalized spacial score (nSPS) is 20.0. The predicted octanol–water partition coefficient (Wildman–Crippen LogP) is 1.62. The molecule has 0 unspecified atom stereocenters. The molecule has 1 aliphatic heterocycles. The summed E-state index contributed by atoms with van der Waals surface area (Å²) in [6, 6.07) is 4.42. The van der Waals surface area contributed by atoms with E-state index in [1.807, 2.05) is 0 Å². The van der Waals surface area contributed by atoms with Crippen LogP contribution < -0.4 is 10.6 Å². The third-order valence-electron chi connectivity index (χ3n) is 3.07. The number of hydrogen-bond donors (Lipinski definition) is 2. The van der Waals surface area contributed by atoms with Crippen LogP contribution in [0.15, 0.2) is 18.2 Å². The van der Waals surface area contributed by atoms with Gasteiger partial charge in [-0.05, 0) is 50.1 Å². The molecule has 1 fully saturated rings. The first-order valence-corrected chi connectivity index (χ1v) is 5.94. The summed E-state index contributed by atoms with van der Waals surface area (Å²) < 4.78 is 12.9. The van der Waals surface area contributed by atoms with Crippen LogP contribution in [0.4, 0.5) is 4.39 Å². The molecule has 0 radical (unpaired) electrons. The maximum Gasteiger partial charge on any atom is 0.251 e. The molecular weight excluding hydrogens is 219 g/mol. The van der Waals surface area contributed by atoms with Gasteiger partial charge in [0, 0.05) is 18.2 Å². The van der Waals surface area contributed by atoms with Crippen LogP contribution in [0.25, 0.3) is 0 Å². The highest BCUT2D eigenvalue weighted by Crippen LogP contribution is 2.11. The average Bonchev–Trinajstić information content (AvgIpc) is 2.30. The number of carbonyl (C=O) groups is 1. The van der Waals surface area contributed by atoms with E-state index in [0.717, 1.165) is 25.9 Å². The molecule has 0 bridgehead atoms. The summed E-state index contributed by atoms with van der Waals surface area (Å²) in [4.78, 5) is 12.0. The summed E-state index contributed by atoms with van der Waals surface area (Å²) in [5.74, 6) is -0.422. The predicted molar refractivity (Wildman–Crippen MR) is 64.5 cm³/mol. The Bertz CT molecular complexity index is 414. The molecule has 1 aromatic carbocycles. The topological polar surface area (TPSA) is 41.1 Å². The second kappa shape index (κ2) is 5.27. The Morgan fingerprint density at radius 1 is 1.53 bits per heavy atom. The van der Waals surface area contributed by atoms with Crippen molar-refractivity contribution in [2.45, 2.75) is 25.8 Å². The summed E-state index contributed by atoms with van der Waals surface area (Å²) in [5, 5.41) is 6.21. The minimum Gasteiger partial charge on any atom is -0.348 e. The van der Waals surface area contributed by atoms with Gasteiger partial charge in [-0.25, -0.2) is 4.39 Å². The summed E-state index contributed by atoms with van der Waals surface area (Å²) in [7, 11) is 0. The van der Waals surface area contributed by atoms with E-state index < -0.39 is 0 Å². The van der Waals surface area contributed by atoms with Crippen molar-refractivity contribution in [2.24, 2.45) is 0 Å². The Morgan fingerprint density at radius 3 is 3.00 bits per heavy atom. The van der Waals surface area contributed by atoms with Crippen molar-refractivity contribution in [3.63, 3.8) is 0 Å². The molecule has 2 N–H and O–H groups in total. The average molecular weight is 236 g/mol. The van der Waals surface area contributed by atoms with Gasteiger partial charge >= 0.3 is 0 Å². The fraction of sp³-hybridized carbons (Fsp3) is 0.462. The lowest BCUT2D eigenvalue weighted by Crippen LogP contribution is -2.45.